The average Bonchev–Trinajstić information content (AvgIpc) is 3.30. The summed E-state index contributed by atoms with van der Waals surface area (Å²) in [6, 6.07) is 0. The second kappa shape index (κ2) is 52.7. The Balaban J connectivity index is 4.45. The van der Waals surface area contributed by atoms with E-state index in [4.69, 9.17) is 14.2 Å². The highest BCUT2D eigenvalue weighted by molar-refractivity contribution is 5.71. The van der Waals surface area contributed by atoms with Crippen molar-refractivity contribution in [1.29, 1.82) is 0 Å². The van der Waals surface area contributed by atoms with E-state index in [0.717, 1.165) is 148 Å². The van der Waals surface area contributed by atoms with Gasteiger partial charge in [-0.3, -0.25) is 14.4 Å². The summed E-state index contributed by atoms with van der Waals surface area (Å²) in [5.41, 5.74) is 0. The molecule has 0 aliphatic rings. The number of rotatable bonds is 46. The Labute approximate surface area is 400 Å². The summed E-state index contributed by atoms with van der Waals surface area (Å²) in [7, 11) is 0. The first-order valence-electron chi connectivity index (χ1n) is 26.4. The van der Waals surface area contributed by atoms with E-state index in [1.807, 2.05) is 0 Å². The molecule has 6 heteroatoms. The zero-order valence-corrected chi connectivity index (χ0v) is 42.0. The molecule has 0 amide bonds. The van der Waals surface area contributed by atoms with Crippen molar-refractivity contribution in [2.24, 2.45) is 0 Å². The molecule has 0 heterocycles. The molecule has 0 rings (SSSR count). The fraction of sp³-hybridized carbons (Fsp3) is 0.644. The first-order valence-corrected chi connectivity index (χ1v) is 26.4. The maximum Gasteiger partial charge on any atom is 0.306 e. The summed E-state index contributed by atoms with van der Waals surface area (Å²) in [4.78, 5) is 38.0. The molecule has 0 aliphatic carbocycles. The number of carbonyl (C=O) groups is 3. The lowest BCUT2D eigenvalue weighted by Crippen LogP contribution is -2.30. The van der Waals surface area contributed by atoms with Gasteiger partial charge in [0.15, 0.2) is 6.10 Å². The molecule has 0 aromatic carbocycles. The van der Waals surface area contributed by atoms with Crippen molar-refractivity contribution in [3.63, 3.8) is 0 Å². The van der Waals surface area contributed by atoms with Crippen molar-refractivity contribution < 1.29 is 28.6 Å². The quantitative estimate of drug-likeness (QED) is 0.0262. The van der Waals surface area contributed by atoms with Crippen molar-refractivity contribution in [2.45, 2.75) is 232 Å². The third-order valence-corrected chi connectivity index (χ3v) is 10.7. The molecule has 6 nitrogen and oxygen atoms in total. The van der Waals surface area contributed by atoms with E-state index >= 15 is 0 Å². The van der Waals surface area contributed by atoms with Gasteiger partial charge in [-0.15, -0.1) is 0 Å². The largest absolute Gasteiger partial charge is 0.462 e. The predicted molar refractivity (Wildman–Crippen MR) is 279 cm³/mol. The van der Waals surface area contributed by atoms with E-state index in [1.54, 1.807) is 0 Å². The molecule has 1 atom stereocenters. The first kappa shape index (κ1) is 61.1. The lowest BCUT2D eigenvalue weighted by atomic mass is 10.1. The van der Waals surface area contributed by atoms with Crippen molar-refractivity contribution >= 4 is 17.9 Å². The van der Waals surface area contributed by atoms with E-state index in [-0.39, 0.29) is 31.1 Å². The normalized spacial score (nSPS) is 13.0. The van der Waals surface area contributed by atoms with Crippen molar-refractivity contribution in [3.05, 3.63) is 109 Å². The van der Waals surface area contributed by atoms with E-state index in [0.29, 0.717) is 19.3 Å². The SMILES string of the molecule is CC/C=C\C/C=C\C/C=C\C/C=C\CCCCCCCCC(=O)OCC(COC(=O)CCCCCCC/C=C\CCCC)OC(=O)CCCCCC/C=C\C/C=C\C/C=C\C/C=C\CC. The van der Waals surface area contributed by atoms with Gasteiger partial charge < -0.3 is 14.2 Å². The van der Waals surface area contributed by atoms with Crippen LogP contribution in [0.1, 0.15) is 226 Å². The number of hydrogen-bond acceptors (Lipinski definition) is 6. The Morgan fingerprint density at radius 1 is 0.323 bits per heavy atom. The maximum atomic E-state index is 12.8. The molecule has 0 aliphatic heterocycles. The van der Waals surface area contributed by atoms with Gasteiger partial charge in [-0.25, -0.2) is 0 Å². The standard InChI is InChI=1S/C59H96O6/c1-4-7-10-13-16-19-22-24-26-28-29-31-32-34-37-40-43-46-49-52-58(61)64-55-56(54-63-57(60)51-48-45-42-39-36-21-18-15-12-9-6-3)65-59(62)53-50-47-44-41-38-35-33-30-27-25-23-20-17-14-11-8-5-2/h7-8,10-11,15-20,24-27,29,31,33,35,56H,4-6,9,12-14,21-23,28,30,32,34,36-55H2,1-3H3/b10-7-,11-8-,18-15-,19-16-,20-17-,26-24-,27-25-,31-29-,35-33-. The smallest absolute Gasteiger partial charge is 0.306 e. The molecule has 0 aromatic rings. The van der Waals surface area contributed by atoms with Gasteiger partial charge in [-0.2, -0.15) is 0 Å². The predicted octanol–water partition coefficient (Wildman–Crippen LogP) is 17.5. The molecule has 1 unspecified atom stereocenters. The molecular weight excluding hydrogens is 805 g/mol. The fourth-order valence-corrected chi connectivity index (χ4v) is 6.82. The van der Waals surface area contributed by atoms with E-state index in [1.165, 1.54) is 38.5 Å². The van der Waals surface area contributed by atoms with Crippen LogP contribution in [0, 0.1) is 0 Å². The summed E-state index contributed by atoms with van der Waals surface area (Å²) in [6.07, 6.45) is 70.7. The lowest BCUT2D eigenvalue weighted by Gasteiger charge is -2.18. The van der Waals surface area contributed by atoms with Crippen molar-refractivity contribution in [3.8, 4) is 0 Å². The van der Waals surface area contributed by atoms with Gasteiger partial charge >= 0.3 is 17.9 Å². The highest BCUT2D eigenvalue weighted by atomic mass is 16.6. The number of unbranched alkanes of at least 4 members (excludes halogenated alkanes) is 17. The van der Waals surface area contributed by atoms with Crippen LogP contribution in [-0.2, 0) is 28.6 Å². The molecule has 0 saturated heterocycles. The Kier molecular flexibility index (Phi) is 49.5. The minimum atomic E-state index is -0.802. The Morgan fingerprint density at radius 2 is 0.600 bits per heavy atom. The van der Waals surface area contributed by atoms with Crippen LogP contribution in [0.5, 0.6) is 0 Å². The molecule has 0 fully saturated rings. The Hall–Kier alpha value is -3.93. The van der Waals surface area contributed by atoms with Crippen molar-refractivity contribution in [1.82, 2.24) is 0 Å². The van der Waals surface area contributed by atoms with Crippen LogP contribution >= 0.6 is 0 Å². The third-order valence-electron chi connectivity index (χ3n) is 10.7. The van der Waals surface area contributed by atoms with Crippen LogP contribution in [0.3, 0.4) is 0 Å². The summed E-state index contributed by atoms with van der Waals surface area (Å²) in [5.74, 6) is -0.951. The van der Waals surface area contributed by atoms with E-state index in [9.17, 15) is 14.4 Å². The minimum Gasteiger partial charge on any atom is -0.462 e. The minimum absolute atomic E-state index is 0.0992. The fourth-order valence-electron chi connectivity index (χ4n) is 6.82. The molecule has 368 valence electrons. The number of carbonyl (C=O) groups excluding carboxylic acids is 3. The van der Waals surface area contributed by atoms with Gasteiger partial charge in [0.1, 0.15) is 13.2 Å². The average molecular weight is 901 g/mol. The van der Waals surface area contributed by atoms with Crippen LogP contribution in [-0.4, -0.2) is 37.2 Å². The molecule has 0 spiro atoms. The second-order valence-corrected chi connectivity index (χ2v) is 17.0. The second-order valence-electron chi connectivity index (χ2n) is 17.0. The monoisotopic (exact) mass is 901 g/mol. The maximum absolute atomic E-state index is 12.8. The topological polar surface area (TPSA) is 78.9 Å². The van der Waals surface area contributed by atoms with Crippen LogP contribution in [0.15, 0.2) is 109 Å². The first-order chi connectivity index (χ1) is 32.0. The zero-order chi connectivity index (χ0) is 47.2. The van der Waals surface area contributed by atoms with Gasteiger partial charge in [0, 0.05) is 19.3 Å². The van der Waals surface area contributed by atoms with Gasteiger partial charge in [-0.1, -0.05) is 201 Å². The Bertz CT molecular complexity index is 1360. The number of hydrogen-bond donors (Lipinski definition) is 0. The lowest BCUT2D eigenvalue weighted by molar-refractivity contribution is -0.167. The van der Waals surface area contributed by atoms with E-state index < -0.39 is 6.10 Å². The summed E-state index contributed by atoms with van der Waals surface area (Å²) in [5, 5.41) is 0. The van der Waals surface area contributed by atoms with Gasteiger partial charge in [-0.05, 0) is 116 Å². The number of ether oxygens (including phenoxy) is 3. The van der Waals surface area contributed by atoms with Crippen LogP contribution in [0.4, 0.5) is 0 Å². The highest BCUT2D eigenvalue weighted by Crippen LogP contribution is 2.13. The van der Waals surface area contributed by atoms with Gasteiger partial charge in [0.25, 0.3) is 0 Å². The molecule has 0 N–H and O–H groups in total. The molecule has 0 bridgehead atoms. The number of esters is 3. The summed E-state index contributed by atoms with van der Waals surface area (Å²) in [6.45, 7) is 6.32. The van der Waals surface area contributed by atoms with Crippen LogP contribution in [0.25, 0.3) is 0 Å². The summed E-state index contributed by atoms with van der Waals surface area (Å²) < 4.78 is 16.8. The molecule has 0 radical (unpaired) electrons. The highest BCUT2D eigenvalue weighted by Gasteiger charge is 2.19. The zero-order valence-electron chi connectivity index (χ0n) is 42.0. The van der Waals surface area contributed by atoms with Crippen molar-refractivity contribution in [2.75, 3.05) is 13.2 Å². The molecular formula is C59H96O6. The molecule has 0 saturated carbocycles. The Morgan fingerprint density at radius 3 is 0.954 bits per heavy atom. The van der Waals surface area contributed by atoms with Gasteiger partial charge in [0.2, 0.25) is 0 Å². The van der Waals surface area contributed by atoms with E-state index in [2.05, 4.69) is 130 Å². The number of allylic oxidation sites excluding steroid dienone is 18. The third kappa shape index (κ3) is 50.9. The van der Waals surface area contributed by atoms with Gasteiger partial charge in [0.05, 0.1) is 0 Å². The van der Waals surface area contributed by atoms with Crippen LogP contribution in [0.2, 0.25) is 0 Å². The molecule has 0 aromatic heterocycles. The molecule has 65 heavy (non-hydrogen) atoms. The summed E-state index contributed by atoms with van der Waals surface area (Å²) >= 11 is 0. The van der Waals surface area contributed by atoms with Crippen LogP contribution < -0.4 is 0 Å².